The molecule has 0 spiro atoms. The predicted molar refractivity (Wildman–Crippen MR) is 97.6 cm³/mol. The number of aryl methyl sites for hydroxylation is 2. The fourth-order valence-corrected chi connectivity index (χ4v) is 4.13. The maximum Gasteiger partial charge on any atom is 0.270 e. The lowest BCUT2D eigenvalue weighted by Crippen LogP contribution is -2.40. The van der Waals surface area contributed by atoms with Gasteiger partial charge in [0.2, 0.25) is 0 Å². The highest BCUT2D eigenvalue weighted by Gasteiger charge is 2.28. The SMILES string of the molecule is Cc1cnc(C2CCC2)n1CC1CCN(C(=O)c2cccn2C)CC1. The summed E-state index contributed by atoms with van der Waals surface area (Å²) < 4.78 is 4.36. The molecule has 1 saturated carbocycles. The summed E-state index contributed by atoms with van der Waals surface area (Å²) in [4.78, 5) is 19.3. The van der Waals surface area contributed by atoms with Crippen LogP contribution in [0.2, 0.25) is 0 Å². The van der Waals surface area contributed by atoms with E-state index in [1.165, 1.54) is 30.8 Å². The summed E-state index contributed by atoms with van der Waals surface area (Å²) in [7, 11) is 1.93. The van der Waals surface area contributed by atoms with Gasteiger partial charge in [-0.3, -0.25) is 4.79 Å². The third-order valence-electron chi connectivity index (χ3n) is 6.06. The highest BCUT2D eigenvalue weighted by molar-refractivity contribution is 5.92. The Morgan fingerprint density at radius 1 is 1.24 bits per heavy atom. The molecule has 5 nitrogen and oxygen atoms in total. The molecule has 0 N–H and O–H groups in total. The average molecular weight is 340 g/mol. The van der Waals surface area contributed by atoms with E-state index in [2.05, 4.69) is 16.5 Å². The maximum atomic E-state index is 12.6. The monoisotopic (exact) mass is 340 g/mol. The Balaban J connectivity index is 1.37. The molecule has 0 bridgehead atoms. The van der Waals surface area contributed by atoms with Gasteiger partial charge in [0.1, 0.15) is 11.5 Å². The first kappa shape index (κ1) is 16.4. The van der Waals surface area contributed by atoms with Crippen molar-refractivity contribution < 1.29 is 4.79 Å². The van der Waals surface area contributed by atoms with Crippen molar-refractivity contribution in [3.05, 3.63) is 41.7 Å². The van der Waals surface area contributed by atoms with Gasteiger partial charge in [0.25, 0.3) is 5.91 Å². The maximum absolute atomic E-state index is 12.6. The number of amides is 1. The molecule has 1 aliphatic carbocycles. The van der Waals surface area contributed by atoms with Gasteiger partial charge in [-0.1, -0.05) is 6.42 Å². The molecule has 0 atom stereocenters. The number of imidazole rings is 1. The number of carbonyl (C=O) groups excluding carboxylic acids is 1. The molecule has 0 unspecified atom stereocenters. The van der Waals surface area contributed by atoms with E-state index in [-0.39, 0.29) is 5.91 Å². The zero-order valence-corrected chi connectivity index (χ0v) is 15.3. The Labute approximate surface area is 149 Å². The van der Waals surface area contributed by atoms with Gasteiger partial charge < -0.3 is 14.0 Å². The van der Waals surface area contributed by atoms with Crippen molar-refractivity contribution >= 4 is 5.91 Å². The van der Waals surface area contributed by atoms with Crippen LogP contribution >= 0.6 is 0 Å². The molecular weight excluding hydrogens is 312 g/mol. The largest absolute Gasteiger partial charge is 0.347 e. The van der Waals surface area contributed by atoms with Crippen LogP contribution in [0.3, 0.4) is 0 Å². The van der Waals surface area contributed by atoms with Crippen LogP contribution in [0.1, 0.15) is 60.0 Å². The van der Waals surface area contributed by atoms with Crippen LogP contribution in [0, 0.1) is 12.8 Å². The van der Waals surface area contributed by atoms with E-state index in [0.29, 0.717) is 11.8 Å². The van der Waals surface area contributed by atoms with Crippen molar-refractivity contribution in [2.45, 2.75) is 51.5 Å². The molecule has 1 aliphatic heterocycles. The summed E-state index contributed by atoms with van der Waals surface area (Å²) >= 11 is 0. The molecule has 2 aromatic rings. The van der Waals surface area contributed by atoms with Crippen LogP contribution in [0.5, 0.6) is 0 Å². The molecule has 2 aromatic heterocycles. The summed E-state index contributed by atoms with van der Waals surface area (Å²) in [5, 5.41) is 0. The molecule has 1 saturated heterocycles. The van der Waals surface area contributed by atoms with Gasteiger partial charge in [-0.25, -0.2) is 4.98 Å². The molecule has 5 heteroatoms. The third-order valence-corrected chi connectivity index (χ3v) is 6.06. The first-order valence-corrected chi connectivity index (χ1v) is 9.56. The molecule has 4 rings (SSSR count). The molecule has 2 aliphatic rings. The molecule has 0 radical (unpaired) electrons. The molecule has 2 fully saturated rings. The van der Waals surface area contributed by atoms with Crippen molar-refractivity contribution in [3.8, 4) is 0 Å². The van der Waals surface area contributed by atoms with E-state index < -0.39 is 0 Å². The zero-order valence-electron chi connectivity index (χ0n) is 15.3. The summed E-state index contributed by atoms with van der Waals surface area (Å²) in [5.74, 6) is 2.78. The van der Waals surface area contributed by atoms with Crippen molar-refractivity contribution in [1.29, 1.82) is 0 Å². The van der Waals surface area contributed by atoms with Crippen LogP contribution in [0.4, 0.5) is 0 Å². The standard InChI is InChI=1S/C20H28N4O/c1-15-13-21-19(17-5-3-6-17)24(15)14-16-8-11-23(12-9-16)20(25)18-7-4-10-22(18)2/h4,7,10,13,16-17H,3,5-6,8-9,11-12,14H2,1-2H3. The smallest absolute Gasteiger partial charge is 0.270 e. The van der Waals surface area contributed by atoms with Gasteiger partial charge in [0.05, 0.1) is 0 Å². The molecule has 3 heterocycles. The average Bonchev–Trinajstić information content (AvgIpc) is 3.14. The van der Waals surface area contributed by atoms with Gasteiger partial charge in [-0.15, -0.1) is 0 Å². The lowest BCUT2D eigenvalue weighted by molar-refractivity contribution is 0.0672. The fraction of sp³-hybridized carbons (Fsp3) is 0.600. The van der Waals surface area contributed by atoms with E-state index in [1.54, 1.807) is 0 Å². The summed E-state index contributed by atoms with van der Waals surface area (Å²) in [6, 6.07) is 3.85. The molecule has 25 heavy (non-hydrogen) atoms. The number of hydrogen-bond acceptors (Lipinski definition) is 2. The first-order valence-electron chi connectivity index (χ1n) is 9.56. The lowest BCUT2D eigenvalue weighted by atomic mass is 9.84. The lowest BCUT2D eigenvalue weighted by Gasteiger charge is -2.33. The number of hydrogen-bond donors (Lipinski definition) is 0. The minimum atomic E-state index is 0.167. The van der Waals surface area contributed by atoms with Gasteiger partial charge in [0.15, 0.2) is 0 Å². The van der Waals surface area contributed by atoms with Crippen LogP contribution in [-0.4, -0.2) is 38.0 Å². The van der Waals surface area contributed by atoms with Crippen LogP contribution in [0.15, 0.2) is 24.5 Å². The predicted octanol–water partition coefficient (Wildman–Crippen LogP) is 3.35. The first-order chi connectivity index (χ1) is 12.1. The second-order valence-corrected chi connectivity index (χ2v) is 7.74. The number of nitrogens with zero attached hydrogens (tertiary/aromatic N) is 4. The Kier molecular flexibility index (Phi) is 4.40. The Morgan fingerprint density at radius 2 is 2.00 bits per heavy atom. The van der Waals surface area contributed by atoms with Crippen LogP contribution in [-0.2, 0) is 13.6 Å². The van der Waals surface area contributed by atoms with Crippen molar-refractivity contribution in [2.24, 2.45) is 13.0 Å². The Morgan fingerprint density at radius 3 is 2.60 bits per heavy atom. The number of likely N-dealkylation sites (tertiary alicyclic amines) is 1. The number of carbonyl (C=O) groups is 1. The summed E-state index contributed by atoms with van der Waals surface area (Å²) in [5.41, 5.74) is 2.07. The summed E-state index contributed by atoms with van der Waals surface area (Å²) in [6.45, 7) is 4.95. The fourth-order valence-electron chi connectivity index (χ4n) is 4.13. The Hall–Kier alpha value is -2.04. The highest BCUT2D eigenvalue weighted by atomic mass is 16.2. The number of piperidine rings is 1. The van der Waals surface area contributed by atoms with Crippen LogP contribution < -0.4 is 0 Å². The highest BCUT2D eigenvalue weighted by Crippen LogP contribution is 2.36. The van der Waals surface area contributed by atoms with E-state index in [9.17, 15) is 4.79 Å². The van der Waals surface area contributed by atoms with E-state index >= 15 is 0 Å². The topological polar surface area (TPSA) is 43.1 Å². The quantitative estimate of drug-likeness (QED) is 0.857. The minimum Gasteiger partial charge on any atom is -0.347 e. The normalized spacial score (nSPS) is 19.2. The second-order valence-electron chi connectivity index (χ2n) is 7.74. The van der Waals surface area contributed by atoms with E-state index in [0.717, 1.165) is 38.2 Å². The van der Waals surface area contributed by atoms with Gasteiger partial charge >= 0.3 is 0 Å². The Bertz CT molecular complexity index is 748. The minimum absolute atomic E-state index is 0.167. The molecule has 0 aromatic carbocycles. The van der Waals surface area contributed by atoms with Crippen molar-refractivity contribution in [3.63, 3.8) is 0 Å². The van der Waals surface area contributed by atoms with E-state index in [4.69, 9.17) is 0 Å². The van der Waals surface area contributed by atoms with Crippen LogP contribution in [0.25, 0.3) is 0 Å². The van der Waals surface area contributed by atoms with E-state index in [1.807, 2.05) is 41.0 Å². The van der Waals surface area contributed by atoms with Crippen molar-refractivity contribution in [2.75, 3.05) is 13.1 Å². The third kappa shape index (κ3) is 3.12. The van der Waals surface area contributed by atoms with Gasteiger partial charge in [0, 0.05) is 50.7 Å². The van der Waals surface area contributed by atoms with Gasteiger partial charge in [-0.2, -0.15) is 0 Å². The summed E-state index contributed by atoms with van der Waals surface area (Å²) in [6.07, 6.45) is 10.1. The zero-order chi connectivity index (χ0) is 17.4. The molecule has 1 amide bonds. The molecule has 134 valence electrons. The van der Waals surface area contributed by atoms with Crippen molar-refractivity contribution in [1.82, 2.24) is 19.0 Å². The molecular formula is C20H28N4O. The van der Waals surface area contributed by atoms with Gasteiger partial charge in [-0.05, 0) is 50.7 Å². The second kappa shape index (κ2) is 6.70. The number of rotatable bonds is 4. The number of aromatic nitrogens is 3.